The van der Waals surface area contributed by atoms with Crippen molar-refractivity contribution in [2.75, 3.05) is 13.1 Å². The van der Waals surface area contributed by atoms with Gasteiger partial charge in [0.15, 0.2) is 6.04 Å². The minimum absolute atomic E-state index is 0.0209. The summed E-state index contributed by atoms with van der Waals surface area (Å²) in [5, 5.41) is 24.4. The van der Waals surface area contributed by atoms with E-state index in [2.05, 4.69) is 10.6 Å². The van der Waals surface area contributed by atoms with Gasteiger partial charge in [-0.05, 0) is 58.4 Å². The molecule has 0 saturated carbocycles. The van der Waals surface area contributed by atoms with Gasteiger partial charge in [-0.25, -0.2) is 9.59 Å². The van der Waals surface area contributed by atoms with E-state index in [0.29, 0.717) is 25.9 Å². The second kappa shape index (κ2) is 12.4. The lowest BCUT2D eigenvalue weighted by Gasteiger charge is -2.42. The van der Waals surface area contributed by atoms with Crippen molar-refractivity contribution in [3.63, 3.8) is 0 Å². The van der Waals surface area contributed by atoms with E-state index in [4.69, 9.17) is 4.74 Å². The Balaban J connectivity index is 2.30. The molecule has 0 radical (unpaired) electrons. The number of carbonyl (C=O) groups excluding carboxylic acids is 3. The molecule has 3 atom stereocenters. The van der Waals surface area contributed by atoms with Crippen LogP contribution in [0, 0.1) is 5.92 Å². The lowest BCUT2D eigenvalue weighted by atomic mass is 9.71. The summed E-state index contributed by atoms with van der Waals surface area (Å²) in [4.78, 5) is 52.6. The highest BCUT2D eigenvalue weighted by Gasteiger charge is 2.45. The van der Waals surface area contributed by atoms with Gasteiger partial charge in [-0.1, -0.05) is 44.2 Å². The number of nitrogens with zero attached hydrogens (tertiary/aromatic N) is 1. The topological polar surface area (TPSA) is 145 Å². The van der Waals surface area contributed by atoms with Crippen LogP contribution in [-0.4, -0.2) is 75.9 Å². The summed E-state index contributed by atoms with van der Waals surface area (Å²) in [7, 11) is 0. The molecular formula is C27H41N3O7. The Labute approximate surface area is 218 Å². The maximum atomic E-state index is 13.9. The summed E-state index contributed by atoms with van der Waals surface area (Å²) in [5.74, 6) is -2.39. The lowest BCUT2D eigenvalue weighted by molar-refractivity contribution is -0.145. The van der Waals surface area contributed by atoms with E-state index >= 15 is 0 Å². The Morgan fingerprint density at radius 2 is 1.59 bits per heavy atom. The molecule has 0 aliphatic carbocycles. The third kappa shape index (κ3) is 8.18. The van der Waals surface area contributed by atoms with Gasteiger partial charge in [0.2, 0.25) is 11.8 Å². The van der Waals surface area contributed by atoms with Gasteiger partial charge < -0.3 is 30.5 Å². The zero-order valence-electron chi connectivity index (χ0n) is 22.6. The Morgan fingerprint density at radius 3 is 2.05 bits per heavy atom. The highest BCUT2D eigenvalue weighted by atomic mass is 16.6. The summed E-state index contributed by atoms with van der Waals surface area (Å²) in [6, 6.07) is 6.73. The van der Waals surface area contributed by atoms with Crippen LogP contribution in [0.1, 0.15) is 66.4 Å². The van der Waals surface area contributed by atoms with E-state index in [1.54, 1.807) is 25.7 Å². The van der Waals surface area contributed by atoms with Crippen molar-refractivity contribution in [2.45, 2.75) is 90.0 Å². The number of hydrogen-bond acceptors (Lipinski definition) is 6. The van der Waals surface area contributed by atoms with E-state index < -0.39 is 47.2 Å². The monoisotopic (exact) mass is 519 g/mol. The van der Waals surface area contributed by atoms with E-state index in [9.17, 15) is 29.4 Å². The molecule has 1 saturated heterocycles. The smallest absolute Gasteiger partial charge is 0.410 e. The quantitative estimate of drug-likeness (QED) is 0.392. The number of carboxylic acid groups (broad SMARTS) is 1. The Hall–Kier alpha value is -3.14. The number of likely N-dealkylation sites (tertiary alicyclic amines) is 1. The van der Waals surface area contributed by atoms with Crippen LogP contribution in [0.3, 0.4) is 0 Å². The fraction of sp³-hybridized carbons (Fsp3) is 0.630. The Kier molecular flexibility index (Phi) is 10.1. The first-order valence-electron chi connectivity index (χ1n) is 12.7. The van der Waals surface area contributed by atoms with Crippen LogP contribution in [-0.2, 0) is 24.5 Å². The van der Waals surface area contributed by atoms with E-state index in [1.807, 2.05) is 44.2 Å². The molecule has 4 N–H and O–H groups in total. The molecule has 1 aromatic rings. The second-order valence-electron chi connectivity index (χ2n) is 11.1. The normalized spacial score (nSPS) is 17.9. The largest absolute Gasteiger partial charge is 0.480 e. The van der Waals surface area contributed by atoms with E-state index in [-0.39, 0.29) is 18.2 Å². The van der Waals surface area contributed by atoms with Gasteiger partial charge in [0.1, 0.15) is 11.6 Å². The SMILES string of the molecule is CC(C)CC(NC(=O)C1(c2ccccc2)CCN(C(=O)OC(C)(C)C)CC1)C(=O)NC(C(=O)O)C(C)O. The first kappa shape index (κ1) is 30.1. The first-order chi connectivity index (χ1) is 17.2. The maximum Gasteiger partial charge on any atom is 0.410 e. The summed E-state index contributed by atoms with van der Waals surface area (Å²) < 4.78 is 5.49. The minimum Gasteiger partial charge on any atom is -0.480 e. The standard InChI is InChI=1S/C27H41N3O7/c1-17(2)16-20(22(32)29-21(18(3)31)23(33)34)28-24(35)27(19-10-8-7-9-11-19)12-14-30(15-13-27)25(36)37-26(4,5)6/h7-11,17-18,20-21,31H,12-16H2,1-6H3,(H,28,35)(H,29,32)(H,33,34). The number of aliphatic hydroxyl groups excluding tert-OH is 1. The van der Waals surface area contributed by atoms with Crippen LogP contribution in [0.4, 0.5) is 4.79 Å². The van der Waals surface area contributed by atoms with Gasteiger partial charge in [-0.15, -0.1) is 0 Å². The van der Waals surface area contributed by atoms with E-state index in [1.165, 1.54) is 6.92 Å². The summed E-state index contributed by atoms with van der Waals surface area (Å²) in [6.07, 6.45) is -0.833. The number of ether oxygens (including phenoxy) is 1. The predicted molar refractivity (Wildman–Crippen MR) is 138 cm³/mol. The highest BCUT2D eigenvalue weighted by molar-refractivity contribution is 5.94. The number of amides is 3. The van der Waals surface area contributed by atoms with Crippen LogP contribution in [0.25, 0.3) is 0 Å². The number of rotatable bonds is 9. The molecular weight excluding hydrogens is 478 g/mol. The Morgan fingerprint density at radius 1 is 1.03 bits per heavy atom. The van der Waals surface area contributed by atoms with Gasteiger partial charge in [-0.2, -0.15) is 0 Å². The number of aliphatic carboxylic acids is 1. The number of nitrogens with one attached hydrogen (secondary N) is 2. The minimum atomic E-state index is -1.50. The zero-order valence-corrected chi connectivity index (χ0v) is 22.6. The molecule has 1 aromatic carbocycles. The van der Waals surface area contributed by atoms with Gasteiger partial charge in [0.05, 0.1) is 11.5 Å². The molecule has 10 heteroatoms. The molecule has 206 valence electrons. The molecule has 0 aromatic heterocycles. The fourth-order valence-electron chi connectivity index (χ4n) is 4.44. The van der Waals surface area contributed by atoms with Gasteiger partial charge >= 0.3 is 12.1 Å². The average molecular weight is 520 g/mol. The van der Waals surface area contributed by atoms with Gasteiger partial charge in [0.25, 0.3) is 0 Å². The van der Waals surface area contributed by atoms with Crippen molar-refractivity contribution in [3.8, 4) is 0 Å². The molecule has 0 spiro atoms. The third-order valence-electron chi connectivity index (χ3n) is 6.40. The van der Waals surface area contributed by atoms with Crippen molar-refractivity contribution in [2.24, 2.45) is 5.92 Å². The molecule has 10 nitrogen and oxygen atoms in total. The molecule has 0 bridgehead atoms. The van der Waals surface area contributed by atoms with E-state index in [0.717, 1.165) is 5.56 Å². The molecule has 1 heterocycles. The highest BCUT2D eigenvalue weighted by Crippen LogP contribution is 2.36. The van der Waals surface area contributed by atoms with Crippen molar-refractivity contribution in [1.29, 1.82) is 0 Å². The van der Waals surface area contributed by atoms with Crippen molar-refractivity contribution in [1.82, 2.24) is 15.5 Å². The fourth-order valence-corrected chi connectivity index (χ4v) is 4.44. The summed E-state index contributed by atoms with van der Waals surface area (Å²) in [6.45, 7) is 11.0. The maximum absolute atomic E-state index is 13.9. The van der Waals surface area contributed by atoms with Crippen LogP contribution >= 0.6 is 0 Å². The van der Waals surface area contributed by atoms with Crippen molar-refractivity contribution >= 4 is 23.9 Å². The molecule has 2 rings (SSSR count). The molecule has 1 aliphatic heterocycles. The van der Waals surface area contributed by atoms with Crippen molar-refractivity contribution < 1.29 is 34.1 Å². The molecule has 1 fully saturated rings. The number of piperidine rings is 1. The average Bonchev–Trinajstić information content (AvgIpc) is 2.80. The second-order valence-corrected chi connectivity index (χ2v) is 11.1. The number of aliphatic hydroxyl groups is 1. The molecule has 37 heavy (non-hydrogen) atoms. The number of hydrogen-bond donors (Lipinski definition) is 4. The number of carbonyl (C=O) groups is 4. The van der Waals surface area contributed by atoms with Crippen LogP contribution in [0.15, 0.2) is 30.3 Å². The van der Waals surface area contributed by atoms with Crippen LogP contribution < -0.4 is 10.6 Å². The number of benzene rings is 1. The third-order valence-corrected chi connectivity index (χ3v) is 6.40. The first-order valence-corrected chi connectivity index (χ1v) is 12.7. The molecule has 3 unspecified atom stereocenters. The summed E-state index contributed by atoms with van der Waals surface area (Å²) in [5.41, 5.74) is -0.863. The van der Waals surface area contributed by atoms with Crippen molar-refractivity contribution in [3.05, 3.63) is 35.9 Å². The van der Waals surface area contributed by atoms with Crippen LogP contribution in [0.2, 0.25) is 0 Å². The number of carboxylic acids is 1. The predicted octanol–water partition coefficient (Wildman–Crippen LogP) is 2.44. The summed E-state index contributed by atoms with van der Waals surface area (Å²) >= 11 is 0. The lowest BCUT2D eigenvalue weighted by Crippen LogP contribution is -2.59. The zero-order chi connectivity index (χ0) is 28.0. The van der Waals surface area contributed by atoms with Gasteiger partial charge in [0, 0.05) is 13.1 Å². The Bertz CT molecular complexity index is 948. The molecule has 1 aliphatic rings. The molecule has 3 amide bonds. The van der Waals surface area contributed by atoms with Gasteiger partial charge in [-0.3, -0.25) is 9.59 Å². The van der Waals surface area contributed by atoms with Crippen LogP contribution in [0.5, 0.6) is 0 Å².